The minimum Gasteiger partial charge on any atom is -0.497 e. The van der Waals surface area contributed by atoms with Crippen molar-refractivity contribution in [1.29, 1.82) is 0 Å². The monoisotopic (exact) mass is 318 g/mol. The molecule has 0 saturated carbocycles. The zero-order chi connectivity index (χ0) is 16.8. The van der Waals surface area contributed by atoms with Gasteiger partial charge in [0.15, 0.2) is 0 Å². The van der Waals surface area contributed by atoms with Crippen molar-refractivity contribution in [2.75, 3.05) is 26.7 Å². The molecular formula is C19H30N2O2. The van der Waals surface area contributed by atoms with E-state index in [0.29, 0.717) is 18.4 Å². The van der Waals surface area contributed by atoms with Crippen LogP contribution in [0.1, 0.15) is 45.2 Å². The topological polar surface area (TPSA) is 41.6 Å². The Balaban J connectivity index is 1.96. The van der Waals surface area contributed by atoms with E-state index in [9.17, 15) is 4.79 Å². The molecule has 128 valence electrons. The zero-order valence-corrected chi connectivity index (χ0v) is 14.8. The van der Waals surface area contributed by atoms with Gasteiger partial charge in [-0.25, -0.2) is 0 Å². The van der Waals surface area contributed by atoms with Gasteiger partial charge >= 0.3 is 0 Å². The van der Waals surface area contributed by atoms with Crippen LogP contribution in [0, 0.1) is 11.8 Å². The number of nitrogens with one attached hydrogen (secondary N) is 1. The number of methoxy groups -OCH3 is 1. The summed E-state index contributed by atoms with van der Waals surface area (Å²) in [5.74, 6) is 1.99. The molecule has 1 N–H and O–H groups in total. The lowest BCUT2D eigenvalue weighted by molar-refractivity contribution is -0.123. The van der Waals surface area contributed by atoms with Crippen molar-refractivity contribution in [2.45, 2.75) is 39.7 Å². The van der Waals surface area contributed by atoms with Gasteiger partial charge in [-0.05, 0) is 48.9 Å². The lowest BCUT2D eigenvalue weighted by Gasteiger charge is -2.31. The predicted octanol–water partition coefficient (Wildman–Crippen LogP) is 3.24. The van der Waals surface area contributed by atoms with E-state index >= 15 is 0 Å². The summed E-state index contributed by atoms with van der Waals surface area (Å²) in [6.07, 6.45) is 2.47. The van der Waals surface area contributed by atoms with Gasteiger partial charge in [-0.1, -0.05) is 32.9 Å². The third kappa shape index (κ3) is 5.24. The van der Waals surface area contributed by atoms with Crippen molar-refractivity contribution >= 4 is 5.91 Å². The van der Waals surface area contributed by atoms with Crippen molar-refractivity contribution < 1.29 is 9.53 Å². The second-order valence-electron chi connectivity index (χ2n) is 7.04. The lowest BCUT2D eigenvalue weighted by Crippen LogP contribution is -2.43. The van der Waals surface area contributed by atoms with Crippen LogP contribution >= 0.6 is 0 Å². The first-order valence-electron chi connectivity index (χ1n) is 8.65. The third-order valence-corrected chi connectivity index (χ3v) is 4.57. The Morgan fingerprint density at radius 2 is 2.04 bits per heavy atom. The molecule has 4 heteroatoms. The molecule has 1 aliphatic rings. The minimum atomic E-state index is 0.0376. The second kappa shape index (κ2) is 8.34. The summed E-state index contributed by atoms with van der Waals surface area (Å²) in [7, 11) is 1.66. The number of piperidine rings is 1. The van der Waals surface area contributed by atoms with Crippen LogP contribution in [0.25, 0.3) is 0 Å². The fraction of sp³-hybridized carbons (Fsp3) is 0.632. The van der Waals surface area contributed by atoms with Crippen molar-refractivity contribution in [2.24, 2.45) is 11.8 Å². The summed E-state index contributed by atoms with van der Waals surface area (Å²) < 4.78 is 5.21. The normalized spacial score (nSPS) is 20.3. The van der Waals surface area contributed by atoms with Crippen LogP contribution in [0.5, 0.6) is 5.75 Å². The average Bonchev–Trinajstić information content (AvgIpc) is 2.52. The van der Waals surface area contributed by atoms with E-state index in [4.69, 9.17) is 4.74 Å². The van der Waals surface area contributed by atoms with Gasteiger partial charge in [-0.2, -0.15) is 0 Å². The largest absolute Gasteiger partial charge is 0.497 e. The number of benzene rings is 1. The van der Waals surface area contributed by atoms with E-state index < -0.39 is 0 Å². The van der Waals surface area contributed by atoms with Crippen molar-refractivity contribution in [3.8, 4) is 5.75 Å². The smallest absolute Gasteiger partial charge is 0.234 e. The molecule has 1 aromatic carbocycles. The van der Waals surface area contributed by atoms with Gasteiger partial charge in [-0.15, -0.1) is 0 Å². The van der Waals surface area contributed by atoms with E-state index in [0.717, 1.165) is 24.4 Å². The summed E-state index contributed by atoms with van der Waals surface area (Å²) in [5.41, 5.74) is 1.13. The maximum absolute atomic E-state index is 12.5. The van der Waals surface area contributed by atoms with Gasteiger partial charge in [0.25, 0.3) is 0 Å². The van der Waals surface area contributed by atoms with E-state index in [1.54, 1.807) is 7.11 Å². The Labute approximate surface area is 140 Å². The maximum atomic E-state index is 12.5. The molecule has 1 heterocycles. The third-order valence-electron chi connectivity index (χ3n) is 4.57. The number of rotatable bonds is 6. The molecule has 0 bridgehead atoms. The number of hydrogen-bond donors (Lipinski definition) is 1. The molecule has 0 aromatic heterocycles. The van der Waals surface area contributed by atoms with Crippen LogP contribution in [-0.2, 0) is 4.79 Å². The summed E-state index contributed by atoms with van der Waals surface area (Å²) >= 11 is 0. The molecule has 0 radical (unpaired) electrons. The molecule has 23 heavy (non-hydrogen) atoms. The Kier molecular flexibility index (Phi) is 6.46. The molecule has 2 atom stereocenters. The minimum absolute atomic E-state index is 0.0376. The van der Waals surface area contributed by atoms with Crippen LogP contribution in [0.15, 0.2) is 24.3 Å². The number of carbonyl (C=O) groups excluding carboxylic acids is 1. The second-order valence-corrected chi connectivity index (χ2v) is 7.04. The van der Waals surface area contributed by atoms with Gasteiger partial charge in [0.2, 0.25) is 5.91 Å². The summed E-state index contributed by atoms with van der Waals surface area (Å²) in [5, 5.41) is 3.21. The molecule has 1 aliphatic heterocycles. The molecule has 2 rings (SSSR count). The standard InChI is InChI=1S/C19H30N2O2/c1-14(2)19(16-7-9-17(23-4)10-8-16)20-18(22)13-21-11-5-6-15(3)12-21/h7-10,14-15,19H,5-6,11-13H2,1-4H3,(H,20,22)/t15-,19-/m0/s1. The molecule has 1 saturated heterocycles. The molecule has 1 amide bonds. The number of hydrogen-bond acceptors (Lipinski definition) is 3. The van der Waals surface area contributed by atoms with Gasteiger partial charge in [-0.3, -0.25) is 9.69 Å². The maximum Gasteiger partial charge on any atom is 0.234 e. The van der Waals surface area contributed by atoms with E-state index in [1.807, 2.05) is 24.3 Å². The Hall–Kier alpha value is -1.55. The van der Waals surface area contributed by atoms with E-state index in [2.05, 4.69) is 31.0 Å². The zero-order valence-electron chi connectivity index (χ0n) is 14.8. The van der Waals surface area contributed by atoms with Crippen molar-refractivity contribution in [3.05, 3.63) is 29.8 Å². The Morgan fingerprint density at radius 1 is 1.35 bits per heavy atom. The van der Waals surface area contributed by atoms with E-state index in [-0.39, 0.29) is 11.9 Å². The molecule has 4 nitrogen and oxygen atoms in total. The van der Waals surface area contributed by atoms with Gasteiger partial charge in [0.1, 0.15) is 5.75 Å². The predicted molar refractivity (Wildman–Crippen MR) is 93.6 cm³/mol. The first kappa shape index (κ1) is 17.8. The molecule has 0 aliphatic carbocycles. The van der Waals surface area contributed by atoms with E-state index in [1.165, 1.54) is 12.8 Å². The van der Waals surface area contributed by atoms with Crippen LogP contribution in [0.3, 0.4) is 0 Å². The van der Waals surface area contributed by atoms with Crippen molar-refractivity contribution in [3.63, 3.8) is 0 Å². The lowest BCUT2D eigenvalue weighted by atomic mass is 9.95. The highest BCUT2D eigenvalue weighted by Crippen LogP contribution is 2.24. The highest BCUT2D eigenvalue weighted by molar-refractivity contribution is 5.78. The average molecular weight is 318 g/mol. The summed E-state index contributed by atoms with van der Waals surface area (Å²) in [4.78, 5) is 14.7. The van der Waals surface area contributed by atoms with Crippen LogP contribution in [-0.4, -0.2) is 37.6 Å². The number of carbonyl (C=O) groups is 1. The Morgan fingerprint density at radius 3 is 2.61 bits per heavy atom. The quantitative estimate of drug-likeness (QED) is 0.875. The summed E-state index contributed by atoms with van der Waals surface area (Å²) in [6.45, 7) is 9.10. The highest BCUT2D eigenvalue weighted by Gasteiger charge is 2.22. The molecular weight excluding hydrogens is 288 g/mol. The number of nitrogens with zero attached hydrogens (tertiary/aromatic N) is 1. The van der Waals surface area contributed by atoms with Gasteiger partial charge in [0, 0.05) is 6.54 Å². The first-order chi connectivity index (χ1) is 11.0. The van der Waals surface area contributed by atoms with Gasteiger partial charge < -0.3 is 10.1 Å². The number of ether oxygens (including phenoxy) is 1. The van der Waals surface area contributed by atoms with Crippen LogP contribution < -0.4 is 10.1 Å². The fourth-order valence-corrected chi connectivity index (χ4v) is 3.30. The first-order valence-corrected chi connectivity index (χ1v) is 8.65. The summed E-state index contributed by atoms with van der Waals surface area (Å²) in [6, 6.07) is 8.00. The van der Waals surface area contributed by atoms with Crippen molar-refractivity contribution in [1.82, 2.24) is 10.2 Å². The molecule has 1 aromatic rings. The fourth-order valence-electron chi connectivity index (χ4n) is 3.30. The Bertz CT molecular complexity index is 499. The highest BCUT2D eigenvalue weighted by atomic mass is 16.5. The SMILES string of the molecule is COc1ccc([C@@H](NC(=O)CN2CCC[C@H](C)C2)C(C)C)cc1. The molecule has 0 spiro atoms. The van der Waals surface area contributed by atoms with Gasteiger partial charge in [0.05, 0.1) is 19.7 Å². The van der Waals surface area contributed by atoms with Crippen LogP contribution in [0.2, 0.25) is 0 Å². The molecule has 0 unspecified atom stereocenters. The molecule has 1 fully saturated rings. The van der Waals surface area contributed by atoms with Crippen LogP contribution in [0.4, 0.5) is 0 Å². The number of amides is 1. The number of likely N-dealkylation sites (tertiary alicyclic amines) is 1.